The number of carboxylic acids is 1. The predicted octanol–water partition coefficient (Wildman–Crippen LogP) is 4.05. The summed E-state index contributed by atoms with van der Waals surface area (Å²) in [6, 6.07) is 5.11. The quantitative estimate of drug-likeness (QED) is 0.300. The number of aliphatic imine (C=N–C) groups is 1. The molecule has 160 valence electrons. The summed E-state index contributed by atoms with van der Waals surface area (Å²) in [5, 5.41) is 17.1. The Morgan fingerprint density at radius 3 is 2.17 bits per heavy atom. The van der Waals surface area contributed by atoms with E-state index >= 15 is 0 Å². The lowest BCUT2D eigenvalue weighted by Gasteiger charge is -2.07. The molecule has 0 amide bonds. The Bertz CT molecular complexity index is 764. The lowest BCUT2D eigenvalue weighted by molar-refractivity contribution is -0.132. The molecule has 6 nitrogen and oxygen atoms in total. The average Bonchev–Trinajstić information content (AvgIpc) is 2.71. The first-order chi connectivity index (χ1) is 13.7. The minimum Gasteiger partial charge on any atom is -0.478 e. The molecule has 0 radical (unpaired) electrons. The molecule has 1 aromatic carbocycles. The number of nitrogens with two attached hydrogens (primary N) is 2. The summed E-state index contributed by atoms with van der Waals surface area (Å²) in [6.45, 7) is 8.22. The standard InChI is InChI=1S/C13H12F2N2.C5H8O2.C2H5N.CH5N/c1-2-3-9(7-16)12(8-17)11-5-4-10(14)6-13(11)15;1-3-4(2)5(6)7;1-3-2;1-2/h3-6,8H,2,17H2,1H3;3H,1-2H3,(H,6,7);1H2,2H3;2H2,1H3/b9-3-,12-8+;4-3+;;. The fourth-order valence-electron chi connectivity index (χ4n) is 1.58. The van der Waals surface area contributed by atoms with Crippen LogP contribution in [0.4, 0.5) is 8.78 Å². The van der Waals surface area contributed by atoms with E-state index in [0.717, 1.165) is 18.3 Å². The van der Waals surface area contributed by atoms with E-state index in [1.54, 1.807) is 33.0 Å². The number of hydrogen-bond acceptors (Lipinski definition) is 5. The average molecular weight is 408 g/mol. The predicted molar refractivity (Wildman–Crippen MR) is 115 cm³/mol. The highest BCUT2D eigenvalue weighted by Crippen LogP contribution is 2.25. The highest BCUT2D eigenvalue weighted by Gasteiger charge is 2.12. The van der Waals surface area contributed by atoms with Gasteiger partial charge >= 0.3 is 5.97 Å². The van der Waals surface area contributed by atoms with Gasteiger partial charge in [-0.2, -0.15) is 5.26 Å². The zero-order valence-corrected chi connectivity index (χ0v) is 17.5. The van der Waals surface area contributed by atoms with Gasteiger partial charge in [-0.3, -0.25) is 0 Å². The van der Waals surface area contributed by atoms with Gasteiger partial charge < -0.3 is 21.6 Å². The van der Waals surface area contributed by atoms with Crippen molar-refractivity contribution in [3.63, 3.8) is 0 Å². The molecule has 29 heavy (non-hydrogen) atoms. The van der Waals surface area contributed by atoms with Crippen LogP contribution >= 0.6 is 0 Å². The number of aliphatic carboxylic acids is 1. The number of hydrogen-bond donors (Lipinski definition) is 3. The Hall–Kier alpha value is -3.31. The van der Waals surface area contributed by atoms with Gasteiger partial charge in [-0.25, -0.2) is 13.6 Å². The number of allylic oxidation sites excluding steroid dienone is 4. The first-order valence-electron chi connectivity index (χ1n) is 8.50. The maximum absolute atomic E-state index is 13.6. The van der Waals surface area contributed by atoms with Crippen molar-refractivity contribution in [2.24, 2.45) is 16.5 Å². The molecule has 0 atom stereocenters. The fraction of sp³-hybridized carbons (Fsp3) is 0.286. The van der Waals surface area contributed by atoms with Crippen molar-refractivity contribution in [2.45, 2.75) is 27.2 Å². The topological polar surface area (TPSA) is 125 Å². The summed E-state index contributed by atoms with van der Waals surface area (Å²) in [6.07, 6.45) is 4.98. The van der Waals surface area contributed by atoms with Crippen LogP contribution < -0.4 is 11.5 Å². The highest BCUT2D eigenvalue weighted by atomic mass is 19.1. The van der Waals surface area contributed by atoms with Crippen molar-refractivity contribution < 1.29 is 18.7 Å². The summed E-state index contributed by atoms with van der Waals surface area (Å²) < 4.78 is 26.3. The molecule has 0 bridgehead atoms. The van der Waals surface area contributed by atoms with Crippen LogP contribution in [0.5, 0.6) is 0 Å². The maximum Gasteiger partial charge on any atom is 0.330 e. The molecule has 0 aliphatic heterocycles. The second kappa shape index (κ2) is 19.5. The number of benzene rings is 1. The SMILES string of the molecule is C/C=C(\C)C(=O)O.C=NC.CC/C=C(C#N)\C(=C/N)c1ccc(F)cc1F.CN. The lowest BCUT2D eigenvalue weighted by Crippen LogP contribution is -1.97. The molecular formula is C21H30F2N4O2. The monoisotopic (exact) mass is 408 g/mol. The van der Waals surface area contributed by atoms with Crippen molar-refractivity contribution in [1.29, 1.82) is 5.26 Å². The van der Waals surface area contributed by atoms with Crippen LogP contribution in [0.15, 0.2) is 52.7 Å². The molecule has 0 fully saturated rings. The number of carboxylic acid groups (broad SMARTS) is 1. The third-order valence-electron chi connectivity index (χ3n) is 2.98. The molecule has 0 aliphatic rings. The van der Waals surface area contributed by atoms with Crippen LogP contribution in [0.2, 0.25) is 0 Å². The van der Waals surface area contributed by atoms with Gasteiger partial charge in [0.25, 0.3) is 0 Å². The second-order valence-corrected chi connectivity index (χ2v) is 4.94. The Labute approximate surface area is 171 Å². The second-order valence-electron chi connectivity index (χ2n) is 4.94. The molecule has 0 saturated carbocycles. The Morgan fingerprint density at radius 1 is 1.38 bits per heavy atom. The minimum absolute atomic E-state index is 0.121. The van der Waals surface area contributed by atoms with E-state index in [1.165, 1.54) is 13.1 Å². The summed E-state index contributed by atoms with van der Waals surface area (Å²) in [7, 11) is 3.14. The van der Waals surface area contributed by atoms with Crippen LogP contribution in [0.3, 0.4) is 0 Å². The third-order valence-corrected chi connectivity index (χ3v) is 2.98. The maximum atomic E-state index is 13.6. The van der Waals surface area contributed by atoms with Gasteiger partial charge in [-0.15, -0.1) is 0 Å². The molecule has 0 saturated heterocycles. The molecule has 0 unspecified atom stereocenters. The number of carbonyl (C=O) groups is 1. The van der Waals surface area contributed by atoms with E-state index in [-0.39, 0.29) is 16.7 Å². The lowest BCUT2D eigenvalue weighted by atomic mass is 9.98. The number of nitrogens with zero attached hydrogens (tertiary/aromatic N) is 2. The van der Waals surface area contributed by atoms with Gasteiger partial charge in [-0.1, -0.05) is 19.1 Å². The minimum atomic E-state index is -0.845. The summed E-state index contributed by atoms with van der Waals surface area (Å²) in [5.41, 5.74) is 11.0. The van der Waals surface area contributed by atoms with Crippen LogP contribution in [0.25, 0.3) is 5.57 Å². The molecule has 0 spiro atoms. The van der Waals surface area contributed by atoms with Gasteiger partial charge in [0.15, 0.2) is 0 Å². The van der Waals surface area contributed by atoms with Crippen molar-refractivity contribution in [1.82, 2.24) is 0 Å². The Balaban J connectivity index is -0.000000469. The van der Waals surface area contributed by atoms with Gasteiger partial charge in [0, 0.05) is 36.0 Å². The van der Waals surface area contributed by atoms with Crippen LogP contribution in [-0.2, 0) is 4.79 Å². The van der Waals surface area contributed by atoms with E-state index in [9.17, 15) is 13.6 Å². The number of halogens is 2. The van der Waals surface area contributed by atoms with Crippen LogP contribution in [0.1, 0.15) is 32.8 Å². The molecule has 0 aliphatic carbocycles. The third kappa shape index (κ3) is 13.5. The van der Waals surface area contributed by atoms with Gasteiger partial charge in [0.05, 0.1) is 11.6 Å². The van der Waals surface area contributed by atoms with Crippen LogP contribution in [-0.4, -0.2) is 31.9 Å². The highest BCUT2D eigenvalue weighted by molar-refractivity contribution is 5.85. The molecule has 5 N–H and O–H groups in total. The first kappa shape index (κ1) is 30.4. The van der Waals surface area contributed by atoms with Crippen molar-refractivity contribution in [3.05, 3.63) is 64.9 Å². The summed E-state index contributed by atoms with van der Waals surface area (Å²) in [5.74, 6) is -2.25. The number of nitriles is 1. The van der Waals surface area contributed by atoms with E-state index in [2.05, 4.69) is 17.4 Å². The van der Waals surface area contributed by atoms with Gasteiger partial charge in [-0.05, 0) is 46.2 Å². The molecule has 1 rings (SSSR count). The molecule has 1 aromatic rings. The smallest absolute Gasteiger partial charge is 0.330 e. The zero-order chi connectivity index (χ0) is 23.4. The molecule has 8 heteroatoms. The molecular weight excluding hydrogens is 378 g/mol. The van der Waals surface area contributed by atoms with Crippen LogP contribution in [0, 0.1) is 23.0 Å². The fourth-order valence-corrected chi connectivity index (χ4v) is 1.58. The van der Waals surface area contributed by atoms with Gasteiger partial charge in [0.2, 0.25) is 0 Å². The van der Waals surface area contributed by atoms with Crippen molar-refractivity contribution in [3.8, 4) is 6.07 Å². The summed E-state index contributed by atoms with van der Waals surface area (Å²) >= 11 is 0. The van der Waals surface area contributed by atoms with E-state index in [4.69, 9.17) is 16.1 Å². The zero-order valence-electron chi connectivity index (χ0n) is 17.5. The van der Waals surface area contributed by atoms with Crippen molar-refractivity contribution >= 4 is 18.3 Å². The van der Waals surface area contributed by atoms with E-state index in [0.29, 0.717) is 12.0 Å². The van der Waals surface area contributed by atoms with Crippen molar-refractivity contribution in [2.75, 3.05) is 14.1 Å². The van der Waals surface area contributed by atoms with Gasteiger partial charge in [0.1, 0.15) is 11.6 Å². The summed E-state index contributed by atoms with van der Waals surface area (Å²) in [4.78, 5) is 13.1. The molecule has 0 aromatic heterocycles. The van der Waals surface area contributed by atoms with E-state index in [1.807, 2.05) is 13.0 Å². The first-order valence-corrected chi connectivity index (χ1v) is 8.50. The van der Waals surface area contributed by atoms with E-state index < -0.39 is 17.6 Å². The molecule has 0 heterocycles. The number of rotatable bonds is 4. The normalized spacial score (nSPS) is 10.7. The Morgan fingerprint density at radius 2 is 1.90 bits per heavy atom. The largest absolute Gasteiger partial charge is 0.478 e. The Kier molecular flexibility index (Phi) is 20.4.